The summed E-state index contributed by atoms with van der Waals surface area (Å²) in [4.78, 5) is 8.94. The Kier molecular flexibility index (Phi) is 4.98. The van der Waals surface area contributed by atoms with Crippen LogP contribution >= 0.6 is 11.8 Å². The summed E-state index contributed by atoms with van der Waals surface area (Å²) in [7, 11) is 0. The van der Waals surface area contributed by atoms with Crippen molar-refractivity contribution in [1.82, 2.24) is 34.3 Å². The summed E-state index contributed by atoms with van der Waals surface area (Å²) in [6.07, 6.45) is 2.26. The first-order valence-corrected chi connectivity index (χ1v) is 10.5. The van der Waals surface area contributed by atoms with Gasteiger partial charge in [-0.05, 0) is 30.3 Å². The standard InChI is InChI=1S/C22H19N7S/c1-2-28-19(13-16-9-5-3-6-10-16)26-27-22(28)30-20-14-18(17-11-7-4-8-12-17)25-21-23-15-24-29(20)21/h3-12,14-15H,2,13H2,1H3. The van der Waals surface area contributed by atoms with Crippen LogP contribution in [0.3, 0.4) is 0 Å². The third kappa shape index (κ3) is 3.57. The molecule has 0 radical (unpaired) electrons. The van der Waals surface area contributed by atoms with Crippen molar-refractivity contribution in [2.45, 2.75) is 30.1 Å². The zero-order valence-corrected chi connectivity index (χ0v) is 17.2. The van der Waals surface area contributed by atoms with E-state index in [-0.39, 0.29) is 0 Å². The molecule has 30 heavy (non-hydrogen) atoms. The van der Waals surface area contributed by atoms with Crippen LogP contribution in [0, 0.1) is 0 Å². The molecule has 5 rings (SSSR count). The normalized spacial score (nSPS) is 11.2. The summed E-state index contributed by atoms with van der Waals surface area (Å²) in [5.41, 5.74) is 3.10. The highest BCUT2D eigenvalue weighted by molar-refractivity contribution is 7.99. The van der Waals surface area contributed by atoms with Crippen LogP contribution in [0.1, 0.15) is 18.3 Å². The minimum atomic E-state index is 0.561. The predicted octanol–water partition coefficient (Wildman–Crippen LogP) is 4.14. The van der Waals surface area contributed by atoms with Crippen molar-refractivity contribution in [3.05, 3.63) is 84.4 Å². The first-order valence-electron chi connectivity index (χ1n) is 9.72. The van der Waals surface area contributed by atoms with Gasteiger partial charge in [-0.15, -0.1) is 10.2 Å². The molecule has 148 valence electrons. The average molecular weight is 414 g/mol. The molecule has 0 amide bonds. The van der Waals surface area contributed by atoms with Gasteiger partial charge >= 0.3 is 0 Å². The van der Waals surface area contributed by atoms with Crippen molar-refractivity contribution in [3.63, 3.8) is 0 Å². The maximum Gasteiger partial charge on any atom is 0.253 e. The summed E-state index contributed by atoms with van der Waals surface area (Å²) >= 11 is 1.52. The first-order chi connectivity index (χ1) is 14.8. The van der Waals surface area contributed by atoms with Crippen LogP contribution < -0.4 is 0 Å². The van der Waals surface area contributed by atoms with E-state index in [1.165, 1.54) is 23.7 Å². The third-order valence-electron chi connectivity index (χ3n) is 4.80. The van der Waals surface area contributed by atoms with Crippen LogP contribution in [0.5, 0.6) is 0 Å². The van der Waals surface area contributed by atoms with E-state index in [1.54, 1.807) is 4.52 Å². The molecule has 0 unspecified atom stereocenters. The molecule has 0 aliphatic carbocycles. The molecule has 0 aliphatic rings. The zero-order valence-electron chi connectivity index (χ0n) is 16.4. The molecule has 0 bridgehead atoms. The van der Waals surface area contributed by atoms with Crippen LogP contribution in [0.15, 0.2) is 83.2 Å². The van der Waals surface area contributed by atoms with Crippen LogP contribution in [-0.2, 0) is 13.0 Å². The van der Waals surface area contributed by atoms with E-state index in [0.29, 0.717) is 5.78 Å². The molecule has 0 saturated heterocycles. The summed E-state index contributed by atoms with van der Waals surface area (Å²) in [5.74, 6) is 1.50. The fourth-order valence-electron chi connectivity index (χ4n) is 3.33. The van der Waals surface area contributed by atoms with Crippen LogP contribution in [-0.4, -0.2) is 34.3 Å². The molecule has 0 fully saturated rings. The fourth-order valence-corrected chi connectivity index (χ4v) is 4.33. The molecule has 0 atom stereocenters. The molecule has 3 heterocycles. The Labute approximate surface area is 177 Å². The smallest absolute Gasteiger partial charge is 0.253 e. The van der Waals surface area contributed by atoms with Crippen molar-refractivity contribution in [2.24, 2.45) is 0 Å². The van der Waals surface area contributed by atoms with Gasteiger partial charge in [0.1, 0.15) is 17.2 Å². The number of nitrogens with zero attached hydrogens (tertiary/aromatic N) is 7. The molecule has 0 N–H and O–H groups in total. The summed E-state index contributed by atoms with van der Waals surface area (Å²) in [6.45, 7) is 2.89. The maximum absolute atomic E-state index is 4.64. The van der Waals surface area contributed by atoms with Gasteiger partial charge in [-0.25, -0.2) is 4.98 Å². The van der Waals surface area contributed by atoms with E-state index in [2.05, 4.69) is 48.9 Å². The fraction of sp³-hybridized carbons (Fsp3) is 0.136. The molecule has 7 nitrogen and oxygen atoms in total. The number of aromatic nitrogens is 7. The van der Waals surface area contributed by atoms with Crippen LogP contribution in [0.2, 0.25) is 0 Å². The molecule has 2 aromatic carbocycles. The highest BCUT2D eigenvalue weighted by Gasteiger charge is 2.16. The number of hydrogen-bond donors (Lipinski definition) is 0. The van der Waals surface area contributed by atoms with Gasteiger partial charge in [-0.1, -0.05) is 60.7 Å². The van der Waals surface area contributed by atoms with E-state index in [0.717, 1.165) is 40.2 Å². The molecule has 8 heteroatoms. The lowest BCUT2D eigenvalue weighted by Crippen LogP contribution is -2.05. The average Bonchev–Trinajstić information content (AvgIpc) is 3.42. The van der Waals surface area contributed by atoms with E-state index in [4.69, 9.17) is 0 Å². The molecule has 0 saturated carbocycles. The largest absolute Gasteiger partial charge is 0.306 e. The van der Waals surface area contributed by atoms with Gasteiger partial charge in [0.2, 0.25) is 0 Å². The zero-order chi connectivity index (χ0) is 20.3. The second kappa shape index (κ2) is 8.08. The Morgan fingerprint density at radius 2 is 1.70 bits per heavy atom. The van der Waals surface area contributed by atoms with Crippen molar-refractivity contribution >= 4 is 17.5 Å². The quantitative estimate of drug-likeness (QED) is 0.390. The highest BCUT2D eigenvalue weighted by Crippen LogP contribution is 2.30. The minimum Gasteiger partial charge on any atom is -0.306 e. The number of rotatable bonds is 6. The Balaban J connectivity index is 1.52. The lowest BCUT2D eigenvalue weighted by Gasteiger charge is -2.09. The predicted molar refractivity (Wildman–Crippen MR) is 115 cm³/mol. The summed E-state index contributed by atoms with van der Waals surface area (Å²) < 4.78 is 3.88. The van der Waals surface area contributed by atoms with Gasteiger partial charge in [-0.2, -0.15) is 14.6 Å². The van der Waals surface area contributed by atoms with Gasteiger partial charge in [-0.3, -0.25) is 0 Å². The van der Waals surface area contributed by atoms with Gasteiger partial charge < -0.3 is 4.57 Å². The molecule has 3 aromatic heterocycles. The van der Waals surface area contributed by atoms with Gasteiger partial charge in [0, 0.05) is 18.5 Å². The van der Waals surface area contributed by atoms with Crippen molar-refractivity contribution in [1.29, 1.82) is 0 Å². The summed E-state index contributed by atoms with van der Waals surface area (Å²) in [6, 6.07) is 22.4. The lowest BCUT2D eigenvalue weighted by atomic mass is 10.1. The maximum atomic E-state index is 4.64. The number of benzene rings is 2. The van der Waals surface area contributed by atoms with Crippen LogP contribution in [0.4, 0.5) is 0 Å². The second-order valence-electron chi connectivity index (χ2n) is 6.72. The van der Waals surface area contributed by atoms with Crippen molar-refractivity contribution in [3.8, 4) is 11.3 Å². The molecule has 0 aliphatic heterocycles. The van der Waals surface area contributed by atoms with E-state index < -0.39 is 0 Å². The lowest BCUT2D eigenvalue weighted by molar-refractivity contribution is 0.650. The van der Waals surface area contributed by atoms with E-state index in [1.807, 2.05) is 54.6 Å². The second-order valence-corrected chi connectivity index (χ2v) is 7.71. The van der Waals surface area contributed by atoms with E-state index >= 15 is 0 Å². The SMILES string of the molecule is CCn1c(Cc2ccccc2)nnc1Sc1cc(-c2ccccc2)nc2ncnn12. The van der Waals surface area contributed by atoms with Crippen molar-refractivity contribution < 1.29 is 0 Å². The monoisotopic (exact) mass is 413 g/mol. The third-order valence-corrected chi connectivity index (χ3v) is 5.78. The minimum absolute atomic E-state index is 0.561. The first kappa shape index (κ1) is 18.5. The Bertz CT molecular complexity index is 1280. The van der Waals surface area contributed by atoms with Crippen LogP contribution in [0.25, 0.3) is 17.0 Å². The number of hydrogen-bond acceptors (Lipinski definition) is 6. The Morgan fingerprint density at radius 3 is 2.47 bits per heavy atom. The molecule has 0 spiro atoms. The molecular formula is C22H19N7S. The number of fused-ring (bicyclic) bond motifs is 1. The Morgan fingerprint density at radius 1 is 0.933 bits per heavy atom. The topological polar surface area (TPSA) is 73.8 Å². The van der Waals surface area contributed by atoms with Gasteiger partial charge in [0.15, 0.2) is 5.16 Å². The van der Waals surface area contributed by atoms with Crippen molar-refractivity contribution in [2.75, 3.05) is 0 Å². The Hall–Kier alpha value is -3.52. The van der Waals surface area contributed by atoms with E-state index in [9.17, 15) is 0 Å². The summed E-state index contributed by atoms with van der Waals surface area (Å²) in [5, 5.41) is 15.0. The molecule has 5 aromatic rings. The highest BCUT2D eigenvalue weighted by atomic mass is 32.2. The van der Waals surface area contributed by atoms with Gasteiger partial charge in [0.25, 0.3) is 5.78 Å². The van der Waals surface area contributed by atoms with Gasteiger partial charge in [0.05, 0.1) is 5.69 Å². The molecular weight excluding hydrogens is 394 g/mol.